The first-order chi connectivity index (χ1) is 4.74. The van der Waals surface area contributed by atoms with E-state index in [0.29, 0.717) is 5.92 Å². The maximum atomic E-state index is 10.9. The summed E-state index contributed by atoms with van der Waals surface area (Å²) < 4.78 is 0. The average Bonchev–Trinajstić information content (AvgIpc) is 1.95. The van der Waals surface area contributed by atoms with Gasteiger partial charge in [0, 0.05) is 12.5 Å². The Balaban J connectivity index is 2.48. The molecule has 0 bridgehead atoms. The van der Waals surface area contributed by atoms with Crippen LogP contribution in [0.3, 0.4) is 0 Å². The van der Waals surface area contributed by atoms with Gasteiger partial charge in [0.1, 0.15) is 0 Å². The maximum absolute atomic E-state index is 10.9. The van der Waals surface area contributed by atoms with Crippen LogP contribution in [0.15, 0.2) is 12.7 Å². The van der Waals surface area contributed by atoms with Crippen LogP contribution >= 0.6 is 0 Å². The molecular formula is C8H13NO. The number of rotatable bonds is 1. The monoisotopic (exact) mass is 139 g/mol. The second-order valence-corrected chi connectivity index (χ2v) is 2.88. The van der Waals surface area contributed by atoms with Gasteiger partial charge in [-0.05, 0) is 12.3 Å². The summed E-state index contributed by atoms with van der Waals surface area (Å²) in [5, 5.41) is 2.82. The van der Waals surface area contributed by atoms with Gasteiger partial charge in [0.15, 0.2) is 0 Å². The van der Waals surface area contributed by atoms with Crippen LogP contribution in [0.2, 0.25) is 0 Å². The van der Waals surface area contributed by atoms with E-state index in [2.05, 4.69) is 11.9 Å². The van der Waals surface area contributed by atoms with Gasteiger partial charge in [-0.2, -0.15) is 0 Å². The molecule has 1 heterocycles. The summed E-state index contributed by atoms with van der Waals surface area (Å²) in [7, 11) is 0. The lowest BCUT2D eigenvalue weighted by atomic mass is 9.91. The molecule has 0 radical (unpaired) electrons. The Morgan fingerprint density at radius 3 is 3.00 bits per heavy atom. The van der Waals surface area contributed by atoms with Crippen LogP contribution in [0.5, 0.6) is 0 Å². The van der Waals surface area contributed by atoms with Crippen molar-refractivity contribution in [3.63, 3.8) is 0 Å². The summed E-state index contributed by atoms with van der Waals surface area (Å²) in [5.74, 6) is 0.822. The SMILES string of the molecule is C=CC1CNC(=O)C(C)C1. The van der Waals surface area contributed by atoms with E-state index in [-0.39, 0.29) is 11.8 Å². The zero-order valence-corrected chi connectivity index (χ0v) is 6.26. The highest BCUT2D eigenvalue weighted by Gasteiger charge is 2.22. The molecule has 2 unspecified atom stereocenters. The minimum atomic E-state index is 0.164. The Morgan fingerprint density at radius 1 is 1.80 bits per heavy atom. The zero-order chi connectivity index (χ0) is 7.56. The molecule has 0 aliphatic carbocycles. The highest BCUT2D eigenvalue weighted by atomic mass is 16.1. The van der Waals surface area contributed by atoms with Crippen molar-refractivity contribution in [2.24, 2.45) is 11.8 Å². The van der Waals surface area contributed by atoms with E-state index >= 15 is 0 Å². The Bertz CT molecular complexity index is 153. The predicted molar refractivity (Wildman–Crippen MR) is 40.5 cm³/mol. The number of hydrogen-bond donors (Lipinski definition) is 1. The largest absolute Gasteiger partial charge is 0.355 e. The fraction of sp³-hybridized carbons (Fsp3) is 0.625. The van der Waals surface area contributed by atoms with Crippen molar-refractivity contribution in [1.29, 1.82) is 0 Å². The van der Waals surface area contributed by atoms with Crippen LogP contribution in [-0.4, -0.2) is 12.5 Å². The van der Waals surface area contributed by atoms with Gasteiger partial charge in [0.25, 0.3) is 0 Å². The molecule has 2 heteroatoms. The molecule has 0 spiro atoms. The van der Waals surface area contributed by atoms with Crippen molar-refractivity contribution in [3.8, 4) is 0 Å². The molecule has 0 aromatic carbocycles. The fourth-order valence-electron chi connectivity index (χ4n) is 1.23. The third-order valence-corrected chi connectivity index (χ3v) is 1.98. The second-order valence-electron chi connectivity index (χ2n) is 2.88. The van der Waals surface area contributed by atoms with Gasteiger partial charge in [-0.1, -0.05) is 13.0 Å². The number of nitrogens with one attached hydrogen (secondary N) is 1. The second kappa shape index (κ2) is 2.86. The van der Waals surface area contributed by atoms with Crippen molar-refractivity contribution in [2.75, 3.05) is 6.54 Å². The van der Waals surface area contributed by atoms with Crippen molar-refractivity contribution < 1.29 is 4.79 Å². The fourth-order valence-corrected chi connectivity index (χ4v) is 1.23. The Kier molecular flexibility index (Phi) is 2.10. The van der Waals surface area contributed by atoms with Crippen LogP contribution < -0.4 is 5.32 Å². The third-order valence-electron chi connectivity index (χ3n) is 1.98. The number of carbonyl (C=O) groups excluding carboxylic acids is 1. The van der Waals surface area contributed by atoms with Gasteiger partial charge in [-0.15, -0.1) is 6.58 Å². The van der Waals surface area contributed by atoms with Crippen molar-refractivity contribution in [1.82, 2.24) is 5.32 Å². The Hall–Kier alpha value is -0.790. The van der Waals surface area contributed by atoms with Crippen molar-refractivity contribution >= 4 is 5.91 Å². The molecule has 0 aromatic rings. The Morgan fingerprint density at radius 2 is 2.50 bits per heavy atom. The lowest BCUT2D eigenvalue weighted by Gasteiger charge is -2.24. The van der Waals surface area contributed by atoms with Gasteiger partial charge in [0.05, 0.1) is 0 Å². The molecule has 10 heavy (non-hydrogen) atoms. The first-order valence-electron chi connectivity index (χ1n) is 3.64. The molecule has 1 aliphatic heterocycles. The van der Waals surface area contributed by atoms with E-state index in [1.54, 1.807) is 0 Å². The van der Waals surface area contributed by atoms with E-state index in [1.807, 2.05) is 13.0 Å². The topological polar surface area (TPSA) is 29.1 Å². The summed E-state index contributed by atoms with van der Waals surface area (Å²) >= 11 is 0. The lowest BCUT2D eigenvalue weighted by Crippen LogP contribution is -2.39. The smallest absolute Gasteiger partial charge is 0.222 e. The summed E-state index contributed by atoms with van der Waals surface area (Å²) in [6.45, 7) is 6.41. The average molecular weight is 139 g/mol. The Labute approximate surface area is 61.3 Å². The molecule has 1 N–H and O–H groups in total. The quantitative estimate of drug-likeness (QED) is 0.538. The van der Waals surface area contributed by atoms with Crippen molar-refractivity contribution in [2.45, 2.75) is 13.3 Å². The van der Waals surface area contributed by atoms with E-state index in [4.69, 9.17) is 0 Å². The summed E-state index contributed by atoms with van der Waals surface area (Å²) in [6, 6.07) is 0. The molecule has 1 fully saturated rings. The number of hydrogen-bond acceptors (Lipinski definition) is 1. The van der Waals surface area contributed by atoms with Crippen LogP contribution in [0.1, 0.15) is 13.3 Å². The molecule has 1 aliphatic rings. The number of piperidine rings is 1. The minimum Gasteiger partial charge on any atom is -0.355 e. The van der Waals surface area contributed by atoms with Gasteiger partial charge in [-0.3, -0.25) is 4.79 Å². The molecule has 56 valence electrons. The van der Waals surface area contributed by atoms with Gasteiger partial charge >= 0.3 is 0 Å². The van der Waals surface area contributed by atoms with E-state index < -0.39 is 0 Å². The van der Waals surface area contributed by atoms with Crippen LogP contribution in [0.25, 0.3) is 0 Å². The molecule has 2 atom stereocenters. The van der Waals surface area contributed by atoms with E-state index in [1.165, 1.54) is 0 Å². The molecule has 0 saturated carbocycles. The van der Waals surface area contributed by atoms with Gasteiger partial charge < -0.3 is 5.32 Å². The van der Waals surface area contributed by atoms with E-state index in [0.717, 1.165) is 13.0 Å². The molecule has 1 amide bonds. The highest BCUT2D eigenvalue weighted by molar-refractivity contribution is 5.79. The first kappa shape index (κ1) is 7.32. The summed E-state index contributed by atoms with van der Waals surface area (Å²) in [6.07, 6.45) is 2.87. The van der Waals surface area contributed by atoms with Gasteiger partial charge in [-0.25, -0.2) is 0 Å². The standard InChI is InChI=1S/C8H13NO/c1-3-7-4-6(2)8(10)9-5-7/h3,6-7H,1,4-5H2,2H3,(H,9,10). The van der Waals surface area contributed by atoms with Crippen LogP contribution in [-0.2, 0) is 4.79 Å². The van der Waals surface area contributed by atoms with Crippen LogP contribution in [0, 0.1) is 11.8 Å². The summed E-state index contributed by atoms with van der Waals surface area (Å²) in [5.41, 5.74) is 0. The highest BCUT2D eigenvalue weighted by Crippen LogP contribution is 2.16. The minimum absolute atomic E-state index is 0.164. The predicted octanol–water partition coefficient (Wildman–Crippen LogP) is 0.945. The normalized spacial score (nSPS) is 33.1. The molecular weight excluding hydrogens is 126 g/mol. The number of amides is 1. The van der Waals surface area contributed by atoms with Gasteiger partial charge in [0.2, 0.25) is 5.91 Å². The summed E-state index contributed by atoms with van der Waals surface area (Å²) in [4.78, 5) is 10.9. The third kappa shape index (κ3) is 1.38. The molecule has 1 saturated heterocycles. The first-order valence-corrected chi connectivity index (χ1v) is 3.64. The van der Waals surface area contributed by atoms with Crippen LogP contribution in [0.4, 0.5) is 0 Å². The van der Waals surface area contributed by atoms with E-state index in [9.17, 15) is 4.79 Å². The maximum Gasteiger partial charge on any atom is 0.222 e. The number of carbonyl (C=O) groups is 1. The molecule has 1 rings (SSSR count). The van der Waals surface area contributed by atoms with Crippen molar-refractivity contribution in [3.05, 3.63) is 12.7 Å². The zero-order valence-electron chi connectivity index (χ0n) is 6.26. The lowest BCUT2D eigenvalue weighted by molar-refractivity contribution is -0.126. The molecule has 2 nitrogen and oxygen atoms in total. The molecule has 0 aromatic heterocycles.